The number of rotatable bonds is 3. The summed E-state index contributed by atoms with van der Waals surface area (Å²) in [6.07, 6.45) is 0.434. The molecular formula is C14H15F2NO3. The second kappa shape index (κ2) is 5.19. The average molecular weight is 283 g/mol. The predicted molar refractivity (Wildman–Crippen MR) is 67.0 cm³/mol. The summed E-state index contributed by atoms with van der Waals surface area (Å²) in [5.41, 5.74) is -1.61. The fourth-order valence-corrected chi connectivity index (χ4v) is 2.53. The molecule has 0 bridgehead atoms. The first-order valence-corrected chi connectivity index (χ1v) is 6.33. The molecule has 4 nitrogen and oxygen atoms in total. The maximum atomic E-state index is 13.5. The van der Waals surface area contributed by atoms with Crippen molar-refractivity contribution < 1.29 is 23.5 Å². The first kappa shape index (κ1) is 14.4. The molecule has 0 saturated carbocycles. The van der Waals surface area contributed by atoms with Crippen LogP contribution in [0.4, 0.5) is 8.78 Å². The number of hydrogen-bond acceptors (Lipinski definition) is 2. The molecule has 0 radical (unpaired) electrons. The largest absolute Gasteiger partial charge is 0.480 e. The molecular weight excluding hydrogens is 268 g/mol. The van der Waals surface area contributed by atoms with Crippen LogP contribution in [0.3, 0.4) is 0 Å². The second-order valence-electron chi connectivity index (χ2n) is 5.10. The van der Waals surface area contributed by atoms with Gasteiger partial charge in [0, 0.05) is 12.1 Å². The number of halogens is 2. The van der Waals surface area contributed by atoms with E-state index in [1.807, 2.05) is 0 Å². The summed E-state index contributed by atoms with van der Waals surface area (Å²) in [4.78, 5) is 24.6. The van der Waals surface area contributed by atoms with Crippen LogP contribution in [0.25, 0.3) is 0 Å². The Bertz CT molecular complexity index is 541. The smallest absolute Gasteiger partial charge is 0.329 e. The first-order chi connectivity index (χ1) is 9.36. The van der Waals surface area contributed by atoms with Crippen LogP contribution in [0.15, 0.2) is 18.2 Å². The van der Waals surface area contributed by atoms with E-state index in [1.165, 1.54) is 17.9 Å². The van der Waals surface area contributed by atoms with E-state index in [9.17, 15) is 23.5 Å². The van der Waals surface area contributed by atoms with Crippen LogP contribution < -0.4 is 0 Å². The zero-order chi connectivity index (χ0) is 14.9. The monoisotopic (exact) mass is 283 g/mol. The van der Waals surface area contributed by atoms with Crippen LogP contribution in [0, 0.1) is 11.6 Å². The summed E-state index contributed by atoms with van der Waals surface area (Å²) in [5, 5.41) is 9.23. The highest BCUT2D eigenvalue weighted by Gasteiger charge is 2.45. The maximum absolute atomic E-state index is 13.5. The number of hydrogen-bond donors (Lipinski definition) is 1. The summed E-state index contributed by atoms with van der Waals surface area (Å²) in [5.74, 6) is -3.27. The number of nitrogens with zero attached hydrogens (tertiary/aromatic N) is 1. The highest BCUT2D eigenvalue weighted by molar-refractivity contribution is 5.88. The molecule has 1 amide bonds. The van der Waals surface area contributed by atoms with Gasteiger partial charge in [-0.05, 0) is 31.9 Å². The van der Waals surface area contributed by atoms with Gasteiger partial charge in [0.05, 0.1) is 6.42 Å². The van der Waals surface area contributed by atoms with Crippen molar-refractivity contribution in [2.24, 2.45) is 0 Å². The fourth-order valence-electron chi connectivity index (χ4n) is 2.53. The van der Waals surface area contributed by atoms with Crippen LogP contribution in [0.1, 0.15) is 25.3 Å². The Morgan fingerprint density at radius 1 is 1.35 bits per heavy atom. The van der Waals surface area contributed by atoms with Crippen LogP contribution in [-0.4, -0.2) is 34.0 Å². The molecule has 0 aromatic heterocycles. The second-order valence-corrected chi connectivity index (χ2v) is 5.10. The molecule has 1 aromatic carbocycles. The SMILES string of the molecule is CC1(C(=O)O)CCCN1C(=O)Cc1c(F)cccc1F. The van der Waals surface area contributed by atoms with Gasteiger partial charge in [-0.2, -0.15) is 0 Å². The van der Waals surface area contributed by atoms with Crippen molar-refractivity contribution in [2.45, 2.75) is 31.7 Å². The lowest BCUT2D eigenvalue weighted by atomic mass is 9.98. The molecule has 2 rings (SSSR count). The predicted octanol–water partition coefficient (Wildman–Crippen LogP) is 1.97. The standard InChI is InChI=1S/C14H15F2NO3/c1-14(13(19)20)6-3-7-17(14)12(18)8-9-10(15)4-2-5-11(9)16/h2,4-5H,3,6-8H2,1H3,(H,19,20). The van der Waals surface area contributed by atoms with Crippen LogP contribution >= 0.6 is 0 Å². The third-order valence-corrected chi connectivity index (χ3v) is 3.79. The normalized spacial score (nSPS) is 22.1. The van der Waals surface area contributed by atoms with E-state index in [4.69, 9.17) is 0 Å². The van der Waals surface area contributed by atoms with Crippen molar-refractivity contribution in [1.29, 1.82) is 0 Å². The quantitative estimate of drug-likeness (QED) is 0.922. The van der Waals surface area contributed by atoms with Crippen molar-refractivity contribution in [1.82, 2.24) is 4.90 Å². The van der Waals surface area contributed by atoms with Gasteiger partial charge < -0.3 is 10.0 Å². The van der Waals surface area contributed by atoms with E-state index in [-0.39, 0.29) is 12.1 Å². The molecule has 20 heavy (non-hydrogen) atoms. The lowest BCUT2D eigenvalue weighted by Crippen LogP contribution is -2.51. The number of carboxylic acid groups (broad SMARTS) is 1. The molecule has 1 N–H and O–H groups in total. The molecule has 0 aliphatic carbocycles. The molecule has 108 valence electrons. The molecule has 1 heterocycles. The molecule has 1 aromatic rings. The van der Waals surface area contributed by atoms with E-state index in [0.717, 1.165) is 12.1 Å². The van der Waals surface area contributed by atoms with Crippen LogP contribution in [0.5, 0.6) is 0 Å². The van der Waals surface area contributed by atoms with Gasteiger partial charge in [-0.3, -0.25) is 4.79 Å². The summed E-state index contributed by atoms with van der Waals surface area (Å²) in [6.45, 7) is 1.75. The Hall–Kier alpha value is -1.98. The van der Waals surface area contributed by atoms with Gasteiger partial charge in [-0.15, -0.1) is 0 Å². The minimum absolute atomic E-state index is 0.289. The molecule has 1 unspecified atom stereocenters. The van der Waals surface area contributed by atoms with E-state index in [2.05, 4.69) is 0 Å². The number of benzene rings is 1. The molecule has 1 fully saturated rings. The highest BCUT2D eigenvalue weighted by atomic mass is 19.1. The molecule has 1 atom stereocenters. The molecule has 1 aliphatic heterocycles. The van der Waals surface area contributed by atoms with Gasteiger partial charge in [0.25, 0.3) is 0 Å². The van der Waals surface area contributed by atoms with Gasteiger partial charge >= 0.3 is 5.97 Å². The third-order valence-electron chi connectivity index (χ3n) is 3.79. The summed E-state index contributed by atoms with van der Waals surface area (Å²) in [7, 11) is 0. The minimum Gasteiger partial charge on any atom is -0.480 e. The Balaban J connectivity index is 2.23. The van der Waals surface area contributed by atoms with Crippen molar-refractivity contribution >= 4 is 11.9 Å². The average Bonchev–Trinajstić information content (AvgIpc) is 2.77. The van der Waals surface area contributed by atoms with Crippen molar-refractivity contribution in [3.05, 3.63) is 35.4 Å². The van der Waals surface area contributed by atoms with Crippen molar-refractivity contribution in [3.63, 3.8) is 0 Å². The Morgan fingerprint density at radius 2 is 1.95 bits per heavy atom. The van der Waals surface area contributed by atoms with E-state index in [0.29, 0.717) is 12.8 Å². The molecule has 1 saturated heterocycles. The Kier molecular flexibility index (Phi) is 3.74. The Morgan fingerprint density at radius 3 is 2.50 bits per heavy atom. The zero-order valence-electron chi connectivity index (χ0n) is 11.0. The fraction of sp³-hybridized carbons (Fsp3) is 0.429. The summed E-state index contributed by atoms with van der Waals surface area (Å²) < 4.78 is 27.0. The number of aliphatic carboxylic acids is 1. The number of carboxylic acids is 1. The lowest BCUT2D eigenvalue weighted by molar-refractivity contribution is -0.155. The van der Waals surface area contributed by atoms with Gasteiger partial charge in [0.1, 0.15) is 17.2 Å². The van der Waals surface area contributed by atoms with E-state index in [1.54, 1.807) is 0 Å². The molecule has 6 heteroatoms. The van der Waals surface area contributed by atoms with Gasteiger partial charge in [-0.1, -0.05) is 6.07 Å². The van der Waals surface area contributed by atoms with Crippen LogP contribution in [0.2, 0.25) is 0 Å². The maximum Gasteiger partial charge on any atom is 0.329 e. The first-order valence-electron chi connectivity index (χ1n) is 6.33. The van der Waals surface area contributed by atoms with E-state index < -0.39 is 35.5 Å². The van der Waals surface area contributed by atoms with Gasteiger partial charge in [-0.25, -0.2) is 13.6 Å². The number of likely N-dealkylation sites (tertiary alicyclic amines) is 1. The minimum atomic E-state index is -1.29. The van der Waals surface area contributed by atoms with Gasteiger partial charge in [0.15, 0.2) is 0 Å². The number of amides is 1. The van der Waals surface area contributed by atoms with Gasteiger partial charge in [0.2, 0.25) is 5.91 Å². The Labute approximate surface area is 115 Å². The summed E-state index contributed by atoms with van der Waals surface area (Å²) in [6, 6.07) is 3.37. The van der Waals surface area contributed by atoms with Crippen molar-refractivity contribution in [3.8, 4) is 0 Å². The zero-order valence-corrected chi connectivity index (χ0v) is 11.0. The highest BCUT2D eigenvalue weighted by Crippen LogP contribution is 2.30. The van der Waals surface area contributed by atoms with Crippen molar-refractivity contribution in [2.75, 3.05) is 6.54 Å². The molecule has 1 aliphatic rings. The van der Waals surface area contributed by atoms with E-state index >= 15 is 0 Å². The number of carbonyl (C=O) groups excluding carboxylic acids is 1. The summed E-state index contributed by atoms with van der Waals surface area (Å²) >= 11 is 0. The topological polar surface area (TPSA) is 57.6 Å². The van der Waals surface area contributed by atoms with Crippen LogP contribution in [-0.2, 0) is 16.0 Å². The number of carbonyl (C=O) groups is 2. The molecule has 0 spiro atoms. The third kappa shape index (κ3) is 2.37. The lowest BCUT2D eigenvalue weighted by Gasteiger charge is -2.31.